The summed E-state index contributed by atoms with van der Waals surface area (Å²) in [5.74, 6) is -0.714. The van der Waals surface area contributed by atoms with Crippen molar-refractivity contribution < 1.29 is 15.0 Å². The van der Waals surface area contributed by atoms with Crippen molar-refractivity contribution in [2.45, 2.75) is 19.4 Å². The fraction of sp³-hybridized carbons (Fsp3) is 0.462. The van der Waals surface area contributed by atoms with Crippen molar-refractivity contribution in [1.82, 2.24) is 4.90 Å². The number of hydrogen-bond acceptors (Lipinski definition) is 3. The molecule has 2 N–H and O–H groups in total. The Morgan fingerprint density at radius 3 is 2.88 bits per heavy atom. The van der Waals surface area contributed by atoms with Crippen molar-refractivity contribution in [3.8, 4) is 5.75 Å². The van der Waals surface area contributed by atoms with E-state index < -0.39 is 5.97 Å². The average molecular weight is 235 g/mol. The molecule has 4 nitrogen and oxygen atoms in total. The summed E-state index contributed by atoms with van der Waals surface area (Å²) in [4.78, 5) is 13.0. The van der Waals surface area contributed by atoms with Crippen LogP contribution in [0, 0.1) is 5.92 Å². The van der Waals surface area contributed by atoms with Crippen molar-refractivity contribution in [2.75, 3.05) is 13.1 Å². The van der Waals surface area contributed by atoms with E-state index in [9.17, 15) is 9.90 Å². The molecule has 2 atom stereocenters. The molecular weight excluding hydrogens is 218 g/mol. The molecule has 0 aromatic heterocycles. The Hall–Kier alpha value is -1.55. The van der Waals surface area contributed by atoms with Crippen LogP contribution in [0.2, 0.25) is 0 Å². The van der Waals surface area contributed by atoms with E-state index in [0.29, 0.717) is 13.0 Å². The number of benzene rings is 1. The van der Waals surface area contributed by atoms with Gasteiger partial charge < -0.3 is 10.2 Å². The number of phenols is 1. The molecule has 92 valence electrons. The number of likely N-dealkylation sites (tertiary alicyclic amines) is 1. The molecule has 1 aromatic carbocycles. The fourth-order valence-corrected chi connectivity index (χ4v) is 2.34. The van der Waals surface area contributed by atoms with E-state index in [1.807, 2.05) is 19.1 Å². The standard InChI is InChI=1S/C13H17NO3/c1-9(10-3-2-4-12(15)7-10)14-6-5-11(8-14)13(16)17/h2-4,7,9,11,15H,5-6,8H2,1H3,(H,16,17). The lowest BCUT2D eigenvalue weighted by Gasteiger charge is -2.24. The fourth-order valence-electron chi connectivity index (χ4n) is 2.34. The molecule has 1 saturated heterocycles. The zero-order valence-corrected chi connectivity index (χ0v) is 9.84. The van der Waals surface area contributed by atoms with Crippen molar-refractivity contribution in [3.63, 3.8) is 0 Å². The minimum absolute atomic E-state index is 0.145. The van der Waals surface area contributed by atoms with Gasteiger partial charge in [-0.15, -0.1) is 0 Å². The van der Waals surface area contributed by atoms with Crippen molar-refractivity contribution in [1.29, 1.82) is 0 Å². The SMILES string of the molecule is CC(c1cccc(O)c1)N1CCC(C(=O)O)C1. The van der Waals surface area contributed by atoms with Crippen LogP contribution in [0.4, 0.5) is 0 Å². The molecule has 0 aliphatic carbocycles. The third-order valence-corrected chi connectivity index (χ3v) is 3.47. The predicted octanol–water partition coefficient (Wildman–Crippen LogP) is 1.86. The highest BCUT2D eigenvalue weighted by molar-refractivity contribution is 5.70. The molecule has 0 saturated carbocycles. The third kappa shape index (κ3) is 2.58. The highest BCUT2D eigenvalue weighted by Crippen LogP contribution is 2.28. The molecule has 0 spiro atoms. The highest BCUT2D eigenvalue weighted by atomic mass is 16.4. The van der Waals surface area contributed by atoms with Crippen LogP contribution in [0.5, 0.6) is 5.75 Å². The van der Waals surface area contributed by atoms with E-state index in [0.717, 1.165) is 12.1 Å². The first-order valence-corrected chi connectivity index (χ1v) is 5.83. The van der Waals surface area contributed by atoms with Gasteiger partial charge in [0.05, 0.1) is 5.92 Å². The summed E-state index contributed by atoms with van der Waals surface area (Å²) in [5.41, 5.74) is 1.02. The maximum Gasteiger partial charge on any atom is 0.307 e. The molecule has 1 fully saturated rings. The number of nitrogens with zero attached hydrogens (tertiary/aromatic N) is 1. The Labute approximate surface area is 100 Å². The lowest BCUT2D eigenvalue weighted by Crippen LogP contribution is -2.26. The Kier molecular flexibility index (Phi) is 3.33. The van der Waals surface area contributed by atoms with Gasteiger partial charge in [-0.1, -0.05) is 12.1 Å². The van der Waals surface area contributed by atoms with Gasteiger partial charge in [0.15, 0.2) is 0 Å². The Morgan fingerprint density at radius 2 is 2.29 bits per heavy atom. The minimum Gasteiger partial charge on any atom is -0.508 e. The van der Waals surface area contributed by atoms with E-state index in [1.165, 1.54) is 0 Å². The van der Waals surface area contributed by atoms with Gasteiger partial charge >= 0.3 is 5.97 Å². The van der Waals surface area contributed by atoms with Gasteiger partial charge in [-0.25, -0.2) is 0 Å². The summed E-state index contributed by atoms with van der Waals surface area (Å²) in [5, 5.41) is 18.4. The van der Waals surface area contributed by atoms with Crippen LogP contribution in [-0.2, 0) is 4.79 Å². The van der Waals surface area contributed by atoms with Crippen LogP contribution in [0.1, 0.15) is 24.9 Å². The number of carboxylic acid groups (broad SMARTS) is 1. The summed E-state index contributed by atoms with van der Waals surface area (Å²) in [7, 11) is 0. The molecule has 1 heterocycles. The second-order valence-corrected chi connectivity index (χ2v) is 4.59. The monoisotopic (exact) mass is 235 g/mol. The summed E-state index contributed by atoms with van der Waals surface area (Å²) in [6.07, 6.45) is 0.707. The van der Waals surface area contributed by atoms with Gasteiger partial charge in [0.25, 0.3) is 0 Å². The second-order valence-electron chi connectivity index (χ2n) is 4.59. The van der Waals surface area contributed by atoms with Crippen LogP contribution in [0.25, 0.3) is 0 Å². The maximum absolute atomic E-state index is 10.9. The van der Waals surface area contributed by atoms with Crippen LogP contribution in [0.15, 0.2) is 24.3 Å². The highest BCUT2D eigenvalue weighted by Gasteiger charge is 2.30. The van der Waals surface area contributed by atoms with E-state index in [2.05, 4.69) is 4.90 Å². The van der Waals surface area contributed by atoms with E-state index in [1.54, 1.807) is 12.1 Å². The first kappa shape index (κ1) is 11.9. The molecule has 2 rings (SSSR count). The molecule has 1 aliphatic heterocycles. The van der Waals surface area contributed by atoms with Gasteiger partial charge in [-0.3, -0.25) is 9.69 Å². The van der Waals surface area contributed by atoms with Gasteiger partial charge in [-0.2, -0.15) is 0 Å². The van der Waals surface area contributed by atoms with E-state index in [-0.39, 0.29) is 17.7 Å². The third-order valence-electron chi connectivity index (χ3n) is 3.47. The zero-order chi connectivity index (χ0) is 12.4. The molecule has 4 heteroatoms. The Morgan fingerprint density at radius 1 is 1.53 bits per heavy atom. The molecular formula is C13H17NO3. The smallest absolute Gasteiger partial charge is 0.307 e. The van der Waals surface area contributed by atoms with Gasteiger partial charge in [0.2, 0.25) is 0 Å². The van der Waals surface area contributed by atoms with Gasteiger partial charge in [-0.05, 0) is 37.6 Å². The lowest BCUT2D eigenvalue weighted by molar-refractivity contribution is -0.141. The van der Waals surface area contributed by atoms with Gasteiger partial charge in [0, 0.05) is 12.6 Å². The minimum atomic E-state index is -0.712. The topological polar surface area (TPSA) is 60.8 Å². The molecule has 2 unspecified atom stereocenters. The predicted molar refractivity (Wildman–Crippen MR) is 63.8 cm³/mol. The number of rotatable bonds is 3. The lowest BCUT2D eigenvalue weighted by atomic mass is 10.1. The Balaban J connectivity index is 2.06. The van der Waals surface area contributed by atoms with Crippen LogP contribution in [0.3, 0.4) is 0 Å². The number of carboxylic acids is 1. The first-order valence-electron chi connectivity index (χ1n) is 5.83. The summed E-state index contributed by atoms with van der Waals surface area (Å²) < 4.78 is 0. The normalized spacial score (nSPS) is 22.5. The van der Waals surface area contributed by atoms with Crippen LogP contribution < -0.4 is 0 Å². The van der Waals surface area contributed by atoms with Crippen molar-refractivity contribution >= 4 is 5.97 Å². The molecule has 1 aromatic rings. The number of carbonyl (C=O) groups is 1. The van der Waals surface area contributed by atoms with E-state index >= 15 is 0 Å². The zero-order valence-electron chi connectivity index (χ0n) is 9.84. The second kappa shape index (κ2) is 4.75. The number of phenolic OH excluding ortho intramolecular Hbond substituents is 1. The van der Waals surface area contributed by atoms with Crippen LogP contribution in [-0.4, -0.2) is 34.2 Å². The Bertz CT molecular complexity index is 419. The summed E-state index contributed by atoms with van der Waals surface area (Å²) in [6, 6.07) is 7.29. The quantitative estimate of drug-likeness (QED) is 0.839. The molecule has 0 amide bonds. The maximum atomic E-state index is 10.9. The molecule has 0 bridgehead atoms. The molecule has 17 heavy (non-hydrogen) atoms. The summed E-state index contributed by atoms with van der Waals surface area (Å²) >= 11 is 0. The van der Waals surface area contributed by atoms with Crippen molar-refractivity contribution in [2.24, 2.45) is 5.92 Å². The number of aliphatic carboxylic acids is 1. The summed E-state index contributed by atoms with van der Waals surface area (Å²) in [6.45, 7) is 3.43. The van der Waals surface area contributed by atoms with Crippen molar-refractivity contribution in [3.05, 3.63) is 29.8 Å². The molecule has 0 radical (unpaired) electrons. The number of hydrogen-bond donors (Lipinski definition) is 2. The molecule has 1 aliphatic rings. The van der Waals surface area contributed by atoms with E-state index in [4.69, 9.17) is 5.11 Å². The van der Waals surface area contributed by atoms with Gasteiger partial charge in [0.1, 0.15) is 5.75 Å². The van der Waals surface area contributed by atoms with Crippen LogP contribution >= 0.6 is 0 Å². The first-order chi connectivity index (χ1) is 8.08. The largest absolute Gasteiger partial charge is 0.508 e. The number of aromatic hydroxyl groups is 1. The average Bonchev–Trinajstić information content (AvgIpc) is 2.77.